The highest BCUT2D eigenvalue weighted by molar-refractivity contribution is 5.38. The third-order valence-electron chi connectivity index (χ3n) is 2.98. The van der Waals surface area contributed by atoms with Crippen molar-refractivity contribution in [1.29, 1.82) is 0 Å². The van der Waals surface area contributed by atoms with Crippen LogP contribution in [-0.4, -0.2) is 22.8 Å². The van der Waals surface area contributed by atoms with E-state index in [2.05, 4.69) is 28.9 Å². The SMILES string of the molecule is CC(C)N(CC1CC1)c1ccc(CN)nn1. The number of hydrogen-bond donors (Lipinski definition) is 1. The Bertz CT molecular complexity index is 329. The van der Waals surface area contributed by atoms with Crippen LogP contribution in [0.1, 0.15) is 32.4 Å². The Hall–Kier alpha value is -1.16. The van der Waals surface area contributed by atoms with Gasteiger partial charge < -0.3 is 10.6 Å². The first kappa shape index (κ1) is 11.3. The van der Waals surface area contributed by atoms with Crippen LogP contribution in [0.2, 0.25) is 0 Å². The lowest BCUT2D eigenvalue weighted by Crippen LogP contribution is -2.33. The van der Waals surface area contributed by atoms with Gasteiger partial charge in [-0.15, -0.1) is 5.10 Å². The molecule has 0 bridgehead atoms. The van der Waals surface area contributed by atoms with Gasteiger partial charge in [-0.3, -0.25) is 0 Å². The Balaban J connectivity index is 2.10. The minimum atomic E-state index is 0.456. The molecule has 0 saturated heterocycles. The van der Waals surface area contributed by atoms with Crippen LogP contribution in [0.4, 0.5) is 5.82 Å². The van der Waals surface area contributed by atoms with Crippen LogP contribution >= 0.6 is 0 Å². The molecular formula is C12H20N4. The Morgan fingerprint density at radius 1 is 1.38 bits per heavy atom. The molecule has 1 fully saturated rings. The lowest BCUT2D eigenvalue weighted by molar-refractivity contribution is 0.630. The van der Waals surface area contributed by atoms with Crippen LogP contribution in [0.3, 0.4) is 0 Å². The summed E-state index contributed by atoms with van der Waals surface area (Å²) >= 11 is 0. The normalized spacial score (nSPS) is 15.5. The van der Waals surface area contributed by atoms with Gasteiger partial charge in [0.05, 0.1) is 5.69 Å². The van der Waals surface area contributed by atoms with Crippen LogP contribution in [0.5, 0.6) is 0 Å². The zero-order chi connectivity index (χ0) is 11.5. The third kappa shape index (κ3) is 2.70. The van der Waals surface area contributed by atoms with Crippen molar-refractivity contribution in [2.45, 2.75) is 39.3 Å². The molecule has 0 aliphatic heterocycles. The first-order valence-corrected chi connectivity index (χ1v) is 6.00. The molecule has 1 aliphatic carbocycles. The van der Waals surface area contributed by atoms with Crippen LogP contribution < -0.4 is 10.6 Å². The average molecular weight is 220 g/mol. The maximum Gasteiger partial charge on any atom is 0.151 e. The second-order valence-corrected chi connectivity index (χ2v) is 4.78. The standard InChI is InChI=1S/C12H20N4/c1-9(2)16(8-10-3-4-10)12-6-5-11(7-13)14-15-12/h5-6,9-10H,3-4,7-8,13H2,1-2H3. The van der Waals surface area contributed by atoms with Crippen molar-refractivity contribution in [3.63, 3.8) is 0 Å². The topological polar surface area (TPSA) is 55.0 Å². The highest BCUT2D eigenvalue weighted by Gasteiger charge is 2.26. The largest absolute Gasteiger partial charge is 0.352 e. The molecule has 1 heterocycles. The van der Waals surface area contributed by atoms with E-state index in [1.165, 1.54) is 12.8 Å². The van der Waals surface area contributed by atoms with Gasteiger partial charge in [0, 0.05) is 19.1 Å². The predicted molar refractivity (Wildman–Crippen MR) is 65.1 cm³/mol. The molecule has 2 N–H and O–H groups in total. The molecule has 1 saturated carbocycles. The summed E-state index contributed by atoms with van der Waals surface area (Å²) in [5.41, 5.74) is 6.36. The molecule has 1 aromatic rings. The zero-order valence-corrected chi connectivity index (χ0v) is 10.1. The fourth-order valence-corrected chi connectivity index (χ4v) is 1.76. The lowest BCUT2D eigenvalue weighted by atomic mass is 10.2. The van der Waals surface area contributed by atoms with E-state index in [0.29, 0.717) is 12.6 Å². The van der Waals surface area contributed by atoms with Gasteiger partial charge in [0.25, 0.3) is 0 Å². The number of aromatic nitrogens is 2. The van der Waals surface area contributed by atoms with Crippen LogP contribution in [0, 0.1) is 5.92 Å². The van der Waals surface area contributed by atoms with E-state index >= 15 is 0 Å². The smallest absolute Gasteiger partial charge is 0.151 e. The predicted octanol–water partition coefficient (Wildman–Crippen LogP) is 1.56. The zero-order valence-electron chi connectivity index (χ0n) is 10.1. The molecule has 0 aromatic carbocycles. The quantitative estimate of drug-likeness (QED) is 0.818. The molecular weight excluding hydrogens is 200 g/mol. The van der Waals surface area contributed by atoms with Gasteiger partial charge in [0.2, 0.25) is 0 Å². The molecule has 0 spiro atoms. The molecule has 1 aromatic heterocycles. The van der Waals surface area contributed by atoms with E-state index < -0.39 is 0 Å². The van der Waals surface area contributed by atoms with E-state index in [4.69, 9.17) is 5.73 Å². The molecule has 4 heteroatoms. The average Bonchev–Trinajstić information content (AvgIpc) is 3.09. The van der Waals surface area contributed by atoms with E-state index in [-0.39, 0.29) is 0 Å². The molecule has 16 heavy (non-hydrogen) atoms. The Kier molecular flexibility index (Phi) is 3.39. The van der Waals surface area contributed by atoms with Crippen LogP contribution in [0.25, 0.3) is 0 Å². The first-order valence-electron chi connectivity index (χ1n) is 6.00. The molecule has 0 amide bonds. The number of rotatable bonds is 5. The minimum absolute atomic E-state index is 0.456. The second-order valence-electron chi connectivity index (χ2n) is 4.78. The van der Waals surface area contributed by atoms with Crippen molar-refractivity contribution in [2.75, 3.05) is 11.4 Å². The highest BCUT2D eigenvalue weighted by atomic mass is 15.3. The van der Waals surface area contributed by atoms with Crippen molar-refractivity contribution >= 4 is 5.82 Å². The van der Waals surface area contributed by atoms with Gasteiger partial charge in [-0.25, -0.2) is 0 Å². The molecule has 0 radical (unpaired) electrons. The van der Waals surface area contributed by atoms with E-state index in [1.807, 2.05) is 12.1 Å². The number of nitrogens with two attached hydrogens (primary N) is 1. The summed E-state index contributed by atoms with van der Waals surface area (Å²) in [6.07, 6.45) is 2.72. The Morgan fingerprint density at radius 3 is 2.56 bits per heavy atom. The summed E-state index contributed by atoms with van der Waals surface area (Å²) in [4.78, 5) is 2.32. The maximum atomic E-state index is 5.51. The summed E-state index contributed by atoms with van der Waals surface area (Å²) in [7, 11) is 0. The summed E-state index contributed by atoms with van der Waals surface area (Å²) < 4.78 is 0. The summed E-state index contributed by atoms with van der Waals surface area (Å²) in [5, 5.41) is 8.36. The Morgan fingerprint density at radius 2 is 2.12 bits per heavy atom. The van der Waals surface area contributed by atoms with Gasteiger partial charge in [0.1, 0.15) is 0 Å². The monoisotopic (exact) mass is 220 g/mol. The number of anilines is 1. The van der Waals surface area contributed by atoms with Crippen molar-refractivity contribution in [1.82, 2.24) is 10.2 Å². The molecule has 2 rings (SSSR count). The van der Waals surface area contributed by atoms with Crippen molar-refractivity contribution in [3.8, 4) is 0 Å². The highest BCUT2D eigenvalue weighted by Crippen LogP contribution is 2.31. The fraction of sp³-hybridized carbons (Fsp3) is 0.667. The molecule has 0 unspecified atom stereocenters. The minimum Gasteiger partial charge on any atom is -0.352 e. The number of hydrogen-bond acceptors (Lipinski definition) is 4. The fourth-order valence-electron chi connectivity index (χ4n) is 1.76. The van der Waals surface area contributed by atoms with E-state index in [0.717, 1.165) is 24.0 Å². The van der Waals surface area contributed by atoms with E-state index in [1.54, 1.807) is 0 Å². The van der Waals surface area contributed by atoms with Gasteiger partial charge in [-0.2, -0.15) is 5.10 Å². The van der Waals surface area contributed by atoms with Gasteiger partial charge in [-0.05, 0) is 44.7 Å². The van der Waals surface area contributed by atoms with Crippen LogP contribution in [-0.2, 0) is 6.54 Å². The molecule has 88 valence electrons. The van der Waals surface area contributed by atoms with Crippen molar-refractivity contribution < 1.29 is 0 Å². The van der Waals surface area contributed by atoms with Gasteiger partial charge in [0.15, 0.2) is 5.82 Å². The molecule has 0 atom stereocenters. The van der Waals surface area contributed by atoms with E-state index in [9.17, 15) is 0 Å². The van der Waals surface area contributed by atoms with Crippen molar-refractivity contribution in [3.05, 3.63) is 17.8 Å². The molecule has 4 nitrogen and oxygen atoms in total. The lowest BCUT2D eigenvalue weighted by Gasteiger charge is -2.27. The van der Waals surface area contributed by atoms with Gasteiger partial charge in [-0.1, -0.05) is 0 Å². The van der Waals surface area contributed by atoms with Crippen molar-refractivity contribution in [2.24, 2.45) is 11.7 Å². The summed E-state index contributed by atoms with van der Waals surface area (Å²) in [5.74, 6) is 1.83. The van der Waals surface area contributed by atoms with Gasteiger partial charge >= 0.3 is 0 Å². The molecule has 1 aliphatic rings. The summed E-state index contributed by atoms with van der Waals surface area (Å²) in [6.45, 7) is 5.95. The Labute approximate surface area is 96.9 Å². The number of nitrogens with zero attached hydrogens (tertiary/aromatic N) is 3. The second kappa shape index (κ2) is 4.78. The summed E-state index contributed by atoms with van der Waals surface area (Å²) in [6, 6.07) is 4.46. The maximum absolute atomic E-state index is 5.51. The third-order valence-corrected chi connectivity index (χ3v) is 2.98. The first-order chi connectivity index (χ1) is 7.70. The van der Waals surface area contributed by atoms with Crippen LogP contribution in [0.15, 0.2) is 12.1 Å².